The van der Waals surface area contributed by atoms with Gasteiger partial charge in [-0.15, -0.1) is 0 Å². The quantitative estimate of drug-likeness (QED) is 0.577. The predicted octanol–water partition coefficient (Wildman–Crippen LogP) is 4.39. The highest BCUT2D eigenvalue weighted by Gasteiger charge is 2.12. The van der Waals surface area contributed by atoms with Gasteiger partial charge in [-0.3, -0.25) is 4.90 Å². The molecule has 148 valence electrons. The highest BCUT2D eigenvalue weighted by atomic mass is 16.5. The van der Waals surface area contributed by atoms with Gasteiger partial charge < -0.3 is 14.0 Å². The van der Waals surface area contributed by atoms with E-state index in [4.69, 9.17) is 14.0 Å². The molecule has 6 nitrogen and oxygen atoms in total. The number of nitrogens with zero attached hydrogens (tertiary/aromatic N) is 3. The van der Waals surface area contributed by atoms with Crippen LogP contribution in [0.2, 0.25) is 0 Å². The second-order valence-electron chi connectivity index (χ2n) is 6.90. The molecule has 0 radical (unpaired) electrons. The van der Waals surface area contributed by atoms with Crippen LogP contribution in [0.15, 0.2) is 40.9 Å². The molecule has 0 aliphatic rings. The summed E-state index contributed by atoms with van der Waals surface area (Å²) in [4.78, 5) is 6.67. The molecule has 0 amide bonds. The molecule has 0 saturated heterocycles. The van der Waals surface area contributed by atoms with Crippen LogP contribution in [0.3, 0.4) is 0 Å². The molecule has 2 aromatic carbocycles. The highest BCUT2D eigenvalue weighted by Crippen LogP contribution is 2.25. The van der Waals surface area contributed by atoms with E-state index in [1.165, 1.54) is 5.56 Å². The van der Waals surface area contributed by atoms with Crippen LogP contribution in [0.1, 0.15) is 29.5 Å². The predicted molar refractivity (Wildman–Crippen MR) is 109 cm³/mol. The summed E-state index contributed by atoms with van der Waals surface area (Å²) in [6, 6.07) is 12.0. The molecular weight excluding hydrogens is 354 g/mol. The molecule has 0 fully saturated rings. The third-order valence-corrected chi connectivity index (χ3v) is 4.47. The zero-order valence-electron chi connectivity index (χ0n) is 17.2. The van der Waals surface area contributed by atoms with Gasteiger partial charge in [-0.05, 0) is 68.8 Å². The molecule has 3 aromatic rings. The Hall–Kier alpha value is -2.86. The lowest BCUT2D eigenvalue weighted by atomic mass is 10.1. The van der Waals surface area contributed by atoms with Crippen molar-refractivity contribution in [2.45, 2.75) is 33.9 Å². The maximum absolute atomic E-state index is 5.46. The highest BCUT2D eigenvalue weighted by molar-refractivity contribution is 5.55. The third kappa shape index (κ3) is 4.70. The van der Waals surface area contributed by atoms with Crippen molar-refractivity contribution in [2.75, 3.05) is 20.8 Å². The maximum Gasteiger partial charge on any atom is 0.241 e. The van der Waals surface area contributed by atoms with Crippen molar-refractivity contribution in [1.29, 1.82) is 0 Å². The first kappa shape index (κ1) is 19.9. The van der Waals surface area contributed by atoms with Crippen molar-refractivity contribution in [1.82, 2.24) is 15.0 Å². The molecule has 6 heteroatoms. The van der Waals surface area contributed by atoms with Gasteiger partial charge in [-0.25, -0.2) is 0 Å². The van der Waals surface area contributed by atoms with E-state index in [1.54, 1.807) is 7.11 Å². The van der Waals surface area contributed by atoms with Crippen molar-refractivity contribution in [3.8, 4) is 22.9 Å². The summed E-state index contributed by atoms with van der Waals surface area (Å²) >= 11 is 0. The molecule has 0 unspecified atom stereocenters. The van der Waals surface area contributed by atoms with Crippen LogP contribution in [0.25, 0.3) is 11.4 Å². The zero-order chi connectivity index (χ0) is 20.1. The first-order valence-corrected chi connectivity index (χ1v) is 9.38. The molecule has 0 aliphatic carbocycles. The third-order valence-electron chi connectivity index (χ3n) is 4.47. The second-order valence-corrected chi connectivity index (χ2v) is 6.90. The lowest BCUT2D eigenvalue weighted by Gasteiger charge is -2.17. The van der Waals surface area contributed by atoms with Gasteiger partial charge in [0.1, 0.15) is 11.5 Å². The van der Waals surface area contributed by atoms with Gasteiger partial charge in [0.25, 0.3) is 0 Å². The van der Waals surface area contributed by atoms with E-state index in [2.05, 4.69) is 41.0 Å². The summed E-state index contributed by atoms with van der Waals surface area (Å²) in [5.41, 5.74) is 4.41. The number of aromatic nitrogens is 2. The van der Waals surface area contributed by atoms with E-state index in [0.717, 1.165) is 34.7 Å². The largest absolute Gasteiger partial charge is 0.496 e. The topological polar surface area (TPSA) is 60.6 Å². The molecule has 0 aliphatic heterocycles. The van der Waals surface area contributed by atoms with Gasteiger partial charge in [0.15, 0.2) is 0 Å². The lowest BCUT2D eigenvalue weighted by molar-refractivity contribution is 0.260. The second kappa shape index (κ2) is 8.89. The number of ether oxygens (including phenoxy) is 2. The van der Waals surface area contributed by atoms with Crippen LogP contribution >= 0.6 is 0 Å². The van der Waals surface area contributed by atoms with Crippen molar-refractivity contribution < 1.29 is 14.0 Å². The van der Waals surface area contributed by atoms with Gasteiger partial charge in [-0.2, -0.15) is 4.98 Å². The van der Waals surface area contributed by atoms with Crippen LogP contribution in [0, 0.1) is 13.8 Å². The molecule has 1 aromatic heterocycles. The SMILES string of the molecule is CCOc1ccc(-c2noc(CN(C)Cc3cc(C)c(OC)c(C)c3)n2)cc1. The Morgan fingerprint density at radius 1 is 1.04 bits per heavy atom. The summed E-state index contributed by atoms with van der Waals surface area (Å²) in [5.74, 6) is 2.96. The van der Waals surface area contributed by atoms with E-state index >= 15 is 0 Å². The number of rotatable bonds is 8. The fraction of sp³-hybridized carbons (Fsp3) is 0.364. The lowest BCUT2D eigenvalue weighted by Crippen LogP contribution is -2.17. The minimum atomic E-state index is 0.578. The summed E-state index contributed by atoms with van der Waals surface area (Å²) in [5, 5.41) is 4.10. The maximum atomic E-state index is 5.46. The van der Waals surface area contributed by atoms with E-state index < -0.39 is 0 Å². The number of hydrogen-bond acceptors (Lipinski definition) is 6. The molecule has 0 atom stereocenters. The average Bonchev–Trinajstić information content (AvgIpc) is 3.10. The Kier molecular flexibility index (Phi) is 6.31. The normalized spacial score (nSPS) is 11.1. The number of aryl methyl sites for hydroxylation is 2. The van der Waals surface area contributed by atoms with Gasteiger partial charge in [0, 0.05) is 12.1 Å². The molecule has 1 heterocycles. The Morgan fingerprint density at radius 2 is 1.71 bits per heavy atom. The van der Waals surface area contributed by atoms with Crippen molar-refractivity contribution >= 4 is 0 Å². The first-order valence-electron chi connectivity index (χ1n) is 9.38. The fourth-order valence-electron chi connectivity index (χ4n) is 3.35. The van der Waals surface area contributed by atoms with Crippen molar-refractivity contribution in [2.24, 2.45) is 0 Å². The molecule has 0 N–H and O–H groups in total. The van der Waals surface area contributed by atoms with E-state index in [-0.39, 0.29) is 0 Å². The van der Waals surface area contributed by atoms with Gasteiger partial charge in [0.05, 0.1) is 20.3 Å². The first-order chi connectivity index (χ1) is 13.5. The number of hydrogen-bond donors (Lipinski definition) is 0. The Bertz CT molecular complexity index is 896. The summed E-state index contributed by atoms with van der Waals surface area (Å²) in [6.45, 7) is 8.10. The standard InChI is InChI=1S/C22H27N3O3/c1-6-27-19-9-7-18(8-10-19)22-23-20(28-24-22)14-25(4)13-17-11-15(2)21(26-5)16(3)12-17/h7-12H,6,13-14H2,1-5H3. The summed E-state index contributed by atoms with van der Waals surface area (Å²) in [7, 11) is 3.74. The van der Waals surface area contributed by atoms with Crippen LogP contribution in [-0.2, 0) is 13.1 Å². The smallest absolute Gasteiger partial charge is 0.241 e. The Labute approximate surface area is 166 Å². The van der Waals surface area contributed by atoms with Crippen LogP contribution in [0.4, 0.5) is 0 Å². The van der Waals surface area contributed by atoms with Gasteiger partial charge in [-0.1, -0.05) is 17.3 Å². The van der Waals surface area contributed by atoms with Crippen molar-refractivity contribution in [3.63, 3.8) is 0 Å². The number of methoxy groups -OCH3 is 1. The molecule has 0 bridgehead atoms. The van der Waals surface area contributed by atoms with E-state index in [0.29, 0.717) is 24.9 Å². The Balaban J connectivity index is 1.64. The summed E-state index contributed by atoms with van der Waals surface area (Å²) < 4.78 is 16.3. The molecule has 3 rings (SSSR count). The van der Waals surface area contributed by atoms with E-state index in [9.17, 15) is 0 Å². The van der Waals surface area contributed by atoms with Crippen molar-refractivity contribution in [3.05, 3.63) is 59.0 Å². The molecule has 28 heavy (non-hydrogen) atoms. The average molecular weight is 381 g/mol. The molecule has 0 saturated carbocycles. The number of benzene rings is 2. The van der Waals surface area contributed by atoms with Gasteiger partial charge in [0.2, 0.25) is 11.7 Å². The Morgan fingerprint density at radius 3 is 2.32 bits per heavy atom. The minimum Gasteiger partial charge on any atom is -0.496 e. The fourth-order valence-corrected chi connectivity index (χ4v) is 3.35. The van der Waals surface area contributed by atoms with E-state index in [1.807, 2.05) is 38.2 Å². The van der Waals surface area contributed by atoms with Crippen LogP contribution < -0.4 is 9.47 Å². The van der Waals surface area contributed by atoms with Gasteiger partial charge >= 0.3 is 0 Å². The molecule has 0 spiro atoms. The molecular formula is C22H27N3O3. The summed E-state index contributed by atoms with van der Waals surface area (Å²) in [6.07, 6.45) is 0. The minimum absolute atomic E-state index is 0.578. The van der Waals surface area contributed by atoms with Crippen LogP contribution in [0.5, 0.6) is 11.5 Å². The monoisotopic (exact) mass is 381 g/mol. The zero-order valence-corrected chi connectivity index (χ0v) is 17.2. The van der Waals surface area contributed by atoms with Crippen LogP contribution in [-0.4, -0.2) is 35.8 Å².